The molecule has 8 heteroatoms. The first-order chi connectivity index (χ1) is 15.0. The Kier molecular flexibility index (Phi) is 5.99. The van der Waals surface area contributed by atoms with Gasteiger partial charge in [-0.2, -0.15) is 0 Å². The molecule has 2 atom stereocenters. The molecule has 0 aliphatic carbocycles. The average molecular weight is 426 g/mol. The number of aliphatic hydroxyl groups excluding tert-OH is 1. The summed E-state index contributed by atoms with van der Waals surface area (Å²) in [6, 6.07) is 10.6. The van der Waals surface area contributed by atoms with E-state index < -0.39 is 12.2 Å². The molecule has 2 N–H and O–H groups in total. The summed E-state index contributed by atoms with van der Waals surface area (Å²) in [5, 5.41) is 13.5. The number of aryl methyl sites for hydroxylation is 1. The van der Waals surface area contributed by atoms with Gasteiger partial charge < -0.3 is 29.5 Å². The first-order valence-electron chi connectivity index (χ1n) is 10.3. The van der Waals surface area contributed by atoms with E-state index in [9.17, 15) is 14.7 Å². The van der Waals surface area contributed by atoms with E-state index in [1.165, 1.54) is 7.11 Å². The lowest BCUT2D eigenvalue weighted by Gasteiger charge is -2.36. The van der Waals surface area contributed by atoms with E-state index in [1.54, 1.807) is 36.3 Å². The Bertz CT molecular complexity index is 992. The van der Waals surface area contributed by atoms with Crippen molar-refractivity contribution in [3.8, 4) is 17.2 Å². The number of nitrogens with one attached hydrogen (secondary N) is 1. The summed E-state index contributed by atoms with van der Waals surface area (Å²) >= 11 is 0. The molecule has 2 aliphatic heterocycles. The highest BCUT2D eigenvalue weighted by atomic mass is 16.5. The number of hydrogen-bond donors (Lipinski definition) is 2. The van der Waals surface area contributed by atoms with Crippen molar-refractivity contribution in [3.63, 3.8) is 0 Å². The number of carbonyl (C=O) groups excluding carboxylic acids is 2. The number of benzene rings is 2. The molecule has 0 bridgehead atoms. The standard InChI is InChI=1S/C23H26N2O6/c1-29-15-6-7-17(21(12-15)30-2)23(28)25-10-9-20(19(26)13-25)31-16-5-3-14-4-8-22(27)24-18(14)11-16/h3,5-7,11-12,19-20,26H,4,8-10,13H2,1-2H3,(H,24,27)/t19-,20-/m1/s1. The molecule has 1 saturated heterocycles. The Labute approximate surface area is 180 Å². The molecule has 2 amide bonds. The summed E-state index contributed by atoms with van der Waals surface area (Å²) < 4.78 is 16.5. The molecule has 2 aliphatic rings. The van der Waals surface area contributed by atoms with E-state index >= 15 is 0 Å². The van der Waals surface area contributed by atoms with Crippen molar-refractivity contribution in [3.05, 3.63) is 47.5 Å². The number of amides is 2. The topological polar surface area (TPSA) is 97.3 Å². The van der Waals surface area contributed by atoms with Crippen LogP contribution in [0.4, 0.5) is 5.69 Å². The highest BCUT2D eigenvalue weighted by Crippen LogP contribution is 2.30. The monoisotopic (exact) mass is 426 g/mol. The molecule has 164 valence electrons. The van der Waals surface area contributed by atoms with Crippen LogP contribution >= 0.6 is 0 Å². The van der Waals surface area contributed by atoms with E-state index in [1.807, 2.05) is 12.1 Å². The third kappa shape index (κ3) is 4.44. The van der Waals surface area contributed by atoms with Gasteiger partial charge in [-0.15, -0.1) is 0 Å². The van der Waals surface area contributed by atoms with Crippen LogP contribution < -0.4 is 19.5 Å². The van der Waals surface area contributed by atoms with Crippen LogP contribution in [0.3, 0.4) is 0 Å². The quantitative estimate of drug-likeness (QED) is 0.761. The number of aliphatic hydroxyl groups is 1. The van der Waals surface area contributed by atoms with Crippen molar-refractivity contribution in [1.29, 1.82) is 0 Å². The molecule has 2 heterocycles. The molecule has 0 saturated carbocycles. The van der Waals surface area contributed by atoms with Crippen LogP contribution in [0.25, 0.3) is 0 Å². The third-order valence-corrected chi connectivity index (χ3v) is 5.71. The fourth-order valence-electron chi connectivity index (χ4n) is 3.98. The fraction of sp³-hybridized carbons (Fsp3) is 0.391. The minimum absolute atomic E-state index is 0.00883. The first-order valence-corrected chi connectivity index (χ1v) is 10.3. The van der Waals surface area contributed by atoms with Crippen LogP contribution in [0, 0.1) is 0 Å². The van der Waals surface area contributed by atoms with Gasteiger partial charge in [-0.05, 0) is 30.2 Å². The lowest BCUT2D eigenvalue weighted by atomic mass is 10.0. The summed E-state index contributed by atoms with van der Waals surface area (Å²) in [5.41, 5.74) is 2.24. The number of ether oxygens (including phenoxy) is 3. The highest BCUT2D eigenvalue weighted by molar-refractivity contribution is 5.97. The maximum absolute atomic E-state index is 13.0. The second kappa shape index (κ2) is 8.85. The zero-order chi connectivity index (χ0) is 22.0. The number of anilines is 1. The molecule has 2 aromatic carbocycles. The second-order valence-electron chi connectivity index (χ2n) is 7.70. The number of rotatable bonds is 5. The molecular weight excluding hydrogens is 400 g/mol. The smallest absolute Gasteiger partial charge is 0.257 e. The zero-order valence-corrected chi connectivity index (χ0v) is 17.6. The van der Waals surface area contributed by atoms with Gasteiger partial charge in [-0.1, -0.05) is 6.07 Å². The molecule has 8 nitrogen and oxygen atoms in total. The van der Waals surface area contributed by atoms with Crippen molar-refractivity contribution in [1.82, 2.24) is 4.90 Å². The maximum atomic E-state index is 13.0. The van der Waals surface area contributed by atoms with Crippen LogP contribution in [0.5, 0.6) is 17.2 Å². The van der Waals surface area contributed by atoms with Gasteiger partial charge in [0.05, 0.1) is 26.3 Å². The lowest BCUT2D eigenvalue weighted by molar-refractivity contribution is -0.116. The van der Waals surface area contributed by atoms with Gasteiger partial charge in [-0.25, -0.2) is 0 Å². The van der Waals surface area contributed by atoms with Gasteiger partial charge in [0.1, 0.15) is 29.5 Å². The van der Waals surface area contributed by atoms with Crippen LogP contribution in [-0.2, 0) is 11.2 Å². The van der Waals surface area contributed by atoms with Crippen molar-refractivity contribution < 1.29 is 28.9 Å². The Balaban J connectivity index is 1.42. The molecule has 2 aromatic rings. The predicted molar refractivity (Wildman–Crippen MR) is 114 cm³/mol. The van der Waals surface area contributed by atoms with E-state index in [-0.39, 0.29) is 18.4 Å². The van der Waals surface area contributed by atoms with E-state index in [2.05, 4.69) is 5.32 Å². The second-order valence-corrected chi connectivity index (χ2v) is 7.70. The van der Waals surface area contributed by atoms with Crippen molar-refractivity contribution in [2.24, 2.45) is 0 Å². The van der Waals surface area contributed by atoms with Gasteiger partial charge in [0.2, 0.25) is 5.91 Å². The maximum Gasteiger partial charge on any atom is 0.257 e. The Morgan fingerprint density at radius 3 is 2.65 bits per heavy atom. The minimum Gasteiger partial charge on any atom is -0.497 e. The van der Waals surface area contributed by atoms with Gasteiger partial charge in [-0.3, -0.25) is 9.59 Å². The summed E-state index contributed by atoms with van der Waals surface area (Å²) in [4.78, 5) is 26.2. The molecule has 4 rings (SSSR count). The lowest BCUT2D eigenvalue weighted by Crippen LogP contribution is -2.51. The normalized spacial score (nSPS) is 20.5. The number of likely N-dealkylation sites (tertiary alicyclic amines) is 1. The van der Waals surface area contributed by atoms with Crippen molar-refractivity contribution >= 4 is 17.5 Å². The molecule has 1 fully saturated rings. The Morgan fingerprint density at radius 1 is 1.10 bits per heavy atom. The van der Waals surface area contributed by atoms with Gasteiger partial charge in [0.25, 0.3) is 5.91 Å². The molecule has 0 spiro atoms. The number of piperidine rings is 1. The highest BCUT2D eigenvalue weighted by Gasteiger charge is 2.33. The van der Waals surface area contributed by atoms with Crippen molar-refractivity contribution in [2.45, 2.75) is 31.5 Å². The number of fused-ring (bicyclic) bond motifs is 1. The van der Waals surface area contributed by atoms with Gasteiger partial charge in [0.15, 0.2) is 0 Å². The molecular formula is C23H26N2O6. The number of nitrogens with zero attached hydrogens (tertiary/aromatic N) is 1. The summed E-state index contributed by atoms with van der Waals surface area (Å²) in [5.74, 6) is 1.38. The number of methoxy groups -OCH3 is 2. The zero-order valence-electron chi connectivity index (χ0n) is 17.6. The SMILES string of the molecule is COc1ccc(C(=O)N2CC[C@@H](Oc3ccc4c(c3)NC(=O)CC4)[C@H](O)C2)c(OC)c1. The summed E-state index contributed by atoms with van der Waals surface area (Å²) in [7, 11) is 3.05. The average Bonchev–Trinajstić information content (AvgIpc) is 2.79. The van der Waals surface area contributed by atoms with Crippen LogP contribution in [0.1, 0.15) is 28.8 Å². The molecule has 0 unspecified atom stereocenters. The van der Waals surface area contributed by atoms with E-state index in [0.29, 0.717) is 48.6 Å². The van der Waals surface area contributed by atoms with Crippen LogP contribution in [-0.4, -0.2) is 61.3 Å². The first kappa shape index (κ1) is 21.0. The van der Waals surface area contributed by atoms with E-state index in [4.69, 9.17) is 14.2 Å². The van der Waals surface area contributed by atoms with E-state index in [0.717, 1.165) is 11.3 Å². The summed E-state index contributed by atoms with van der Waals surface area (Å²) in [6.07, 6.45) is 0.387. The fourth-order valence-corrected chi connectivity index (χ4v) is 3.98. The Hall–Kier alpha value is -3.26. The van der Waals surface area contributed by atoms with Crippen LogP contribution in [0.2, 0.25) is 0 Å². The molecule has 31 heavy (non-hydrogen) atoms. The number of carbonyl (C=O) groups is 2. The van der Waals surface area contributed by atoms with Crippen molar-refractivity contribution in [2.75, 3.05) is 32.6 Å². The molecule has 0 radical (unpaired) electrons. The number of β-amino-alcohol motifs (C(OH)–C–C–N with tert-alkyl or cyclic N) is 1. The van der Waals surface area contributed by atoms with Gasteiger partial charge >= 0.3 is 0 Å². The summed E-state index contributed by atoms with van der Waals surface area (Å²) in [6.45, 7) is 0.595. The van der Waals surface area contributed by atoms with Crippen LogP contribution in [0.15, 0.2) is 36.4 Å². The Morgan fingerprint density at radius 2 is 1.90 bits per heavy atom. The largest absolute Gasteiger partial charge is 0.497 e. The molecule has 0 aromatic heterocycles. The predicted octanol–water partition coefficient (Wildman–Crippen LogP) is 2.24. The number of hydrogen-bond acceptors (Lipinski definition) is 6. The minimum atomic E-state index is -0.840. The third-order valence-electron chi connectivity index (χ3n) is 5.71. The van der Waals surface area contributed by atoms with Gasteiger partial charge in [0, 0.05) is 37.2 Å².